The topological polar surface area (TPSA) is 76.2 Å². The van der Waals surface area contributed by atoms with Crippen molar-refractivity contribution >= 4 is 15.9 Å². The van der Waals surface area contributed by atoms with Crippen molar-refractivity contribution in [3.63, 3.8) is 0 Å². The molecule has 1 amide bonds. The number of hydrogen-bond acceptors (Lipinski definition) is 5. The summed E-state index contributed by atoms with van der Waals surface area (Å²) in [7, 11) is -0.836. The molecule has 1 heterocycles. The van der Waals surface area contributed by atoms with E-state index in [2.05, 4.69) is 0 Å². The second-order valence-electron chi connectivity index (χ2n) is 6.67. The summed E-state index contributed by atoms with van der Waals surface area (Å²) in [6.07, 6.45) is 0. The number of methoxy groups -OCH3 is 2. The van der Waals surface area contributed by atoms with Crippen molar-refractivity contribution in [1.82, 2.24) is 9.21 Å². The molecule has 7 nitrogen and oxygen atoms in total. The van der Waals surface area contributed by atoms with Gasteiger partial charge in [0.1, 0.15) is 5.82 Å². The third kappa shape index (κ3) is 4.20. The van der Waals surface area contributed by atoms with Gasteiger partial charge >= 0.3 is 0 Å². The molecule has 0 aromatic heterocycles. The predicted octanol–water partition coefficient (Wildman–Crippen LogP) is 2.30. The van der Waals surface area contributed by atoms with E-state index in [1.54, 1.807) is 17.9 Å². The highest BCUT2D eigenvalue weighted by Gasteiger charge is 2.31. The van der Waals surface area contributed by atoms with Crippen molar-refractivity contribution < 1.29 is 27.1 Å². The number of piperazine rings is 1. The molecule has 1 aliphatic heterocycles. The van der Waals surface area contributed by atoms with Gasteiger partial charge in [0, 0.05) is 37.8 Å². The number of aryl methyl sites for hydroxylation is 1. The van der Waals surface area contributed by atoms with Crippen molar-refractivity contribution in [2.75, 3.05) is 40.4 Å². The summed E-state index contributed by atoms with van der Waals surface area (Å²) in [4.78, 5) is 14.4. The Labute approximate surface area is 169 Å². The molecule has 0 aliphatic carbocycles. The molecule has 156 valence electrons. The second-order valence-corrected chi connectivity index (χ2v) is 8.61. The third-order valence-electron chi connectivity index (χ3n) is 4.95. The SMILES string of the molecule is COc1ccc(S(=O)(=O)N2CCN(C(=O)c3cc(F)ccc3C)CC2)cc1OC. The molecule has 0 radical (unpaired) electrons. The first-order valence-corrected chi connectivity index (χ1v) is 10.5. The van der Waals surface area contributed by atoms with Crippen molar-refractivity contribution in [1.29, 1.82) is 0 Å². The molecule has 0 saturated carbocycles. The minimum absolute atomic E-state index is 0.0934. The largest absolute Gasteiger partial charge is 0.493 e. The highest BCUT2D eigenvalue weighted by atomic mass is 32.2. The summed E-state index contributed by atoms with van der Waals surface area (Å²) in [5.41, 5.74) is 0.970. The van der Waals surface area contributed by atoms with Crippen LogP contribution in [0.3, 0.4) is 0 Å². The molecule has 9 heteroatoms. The van der Waals surface area contributed by atoms with Crippen LogP contribution in [0.5, 0.6) is 11.5 Å². The smallest absolute Gasteiger partial charge is 0.254 e. The summed E-state index contributed by atoms with van der Waals surface area (Å²) in [6.45, 7) is 2.49. The number of halogens is 1. The molecular weight excluding hydrogens is 399 g/mol. The van der Waals surface area contributed by atoms with E-state index < -0.39 is 15.8 Å². The molecule has 2 aromatic carbocycles. The van der Waals surface area contributed by atoms with Gasteiger partial charge in [0.05, 0.1) is 19.1 Å². The average molecular weight is 422 g/mol. The van der Waals surface area contributed by atoms with Crippen LogP contribution in [0.1, 0.15) is 15.9 Å². The van der Waals surface area contributed by atoms with Crippen LogP contribution in [0.4, 0.5) is 4.39 Å². The zero-order valence-electron chi connectivity index (χ0n) is 16.5. The van der Waals surface area contributed by atoms with Crippen LogP contribution in [-0.4, -0.2) is 63.9 Å². The van der Waals surface area contributed by atoms with Crippen LogP contribution in [-0.2, 0) is 10.0 Å². The number of nitrogens with zero attached hydrogens (tertiary/aromatic N) is 2. The molecule has 2 aromatic rings. The van der Waals surface area contributed by atoms with Gasteiger partial charge in [-0.05, 0) is 36.8 Å². The molecule has 1 fully saturated rings. The first-order chi connectivity index (χ1) is 13.8. The zero-order valence-corrected chi connectivity index (χ0v) is 17.3. The molecule has 0 unspecified atom stereocenters. The minimum Gasteiger partial charge on any atom is -0.493 e. The fourth-order valence-electron chi connectivity index (χ4n) is 3.25. The summed E-state index contributed by atoms with van der Waals surface area (Å²) >= 11 is 0. The van der Waals surface area contributed by atoms with E-state index in [0.29, 0.717) is 22.6 Å². The van der Waals surface area contributed by atoms with Crippen LogP contribution in [0.2, 0.25) is 0 Å². The Morgan fingerprint density at radius 2 is 1.62 bits per heavy atom. The molecule has 0 bridgehead atoms. The average Bonchev–Trinajstić information content (AvgIpc) is 2.74. The van der Waals surface area contributed by atoms with Crippen molar-refractivity contribution in [2.45, 2.75) is 11.8 Å². The van der Waals surface area contributed by atoms with E-state index in [4.69, 9.17) is 9.47 Å². The maximum atomic E-state index is 13.5. The van der Waals surface area contributed by atoms with E-state index in [1.165, 1.54) is 48.9 Å². The van der Waals surface area contributed by atoms with Crippen LogP contribution in [0.15, 0.2) is 41.3 Å². The third-order valence-corrected chi connectivity index (χ3v) is 6.84. The normalized spacial score (nSPS) is 15.2. The number of amides is 1. The van der Waals surface area contributed by atoms with E-state index in [-0.39, 0.29) is 37.0 Å². The number of carbonyl (C=O) groups excluding carboxylic acids is 1. The molecule has 1 saturated heterocycles. The highest BCUT2D eigenvalue weighted by molar-refractivity contribution is 7.89. The zero-order chi connectivity index (χ0) is 21.2. The van der Waals surface area contributed by atoms with E-state index in [1.807, 2.05) is 0 Å². The number of benzene rings is 2. The number of sulfonamides is 1. The Morgan fingerprint density at radius 3 is 2.24 bits per heavy atom. The minimum atomic E-state index is -3.75. The quantitative estimate of drug-likeness (QED) is 0.739. The first kappa shape index (κ1) is 21.1. The van der Waals surface area contributed by atoms with Gasteiger partial charge in [0.15, 0.2) is 11.5 Å². The van der Waals surface area contributed by atoms with Crippen molar-refractivity contribution in [2.24, 2.45) is 0 Å². The van der Waals surface area contributed by atoms with Gasteiger partial charge in [-0.2, -0.15) is 4.31 Å². The van der Waals surface area contributed by atoms with Crippen molar-refractivity contribution in [3.8, 4) is 11.5 Å². The van der Waals surface area contributed by atoms with Gasteiger partial charge in [-0.15, -0.1) is 0 Å². The van der Waals surface area contributed by atoms with Crippen molar-refractivity contribution in [3.05, 3.63) is 53.3 Å². The van der Waals surface area contributed by atoms with Gasteiger partial charge in [0.2, 0.25) is 10.0 Å². The number of hydrogen-bond donors (Lipinski definition) is 0. The summed E-state index contributed by atoms with van der Waals surface area (Å²) in [5.74, 6) is -0.0184. The maximum absolute atomic E-state index is 13.5. The second kappa shape index (κ2) is 8.38. The highest BCUT2D eigenvalue weighted by Crippen LogP contribution is 2.31. The summed E-state index contributed by atoms with van der Waals surface area (Å²) in [6, 6.07) is 8.49. The predicted molar refractivity (Wildman–Crippen MR) is 105 cm³/mol. The number of rotatable bonds is 5. The van der Waals surface area contributed by atoms with Gasteiger partial charge in [-0.3, -0.25) is 4.79 Å². The van der Waals surface area contributed by atoms with Gasteiger partial charge in [0.25, 0.3) is 5.91 Å². The number of ether oxygens (including phenoxy) is 2. The lowest BCUT2D eigenvalue weighted by Crippen LogP contribution is -2.50. The lowest BCUT2D eigenvalue weighted by atomic mass is 10.1. The lowest BCUT2D eigenvalue weighted by molar-refractivity contribution is 0.0696. The van der Waals surface area contributed by atoms with E-state index >= 15 is 0 Å². The van der Waals surface area contributed by atoms with E-state index in [9.17, 15) is 17.6 Å². The molecule has 3 rings (SSSR count). The lowest BCUT2D eigenvalue weighted by Gasteiger charge is -2.34. The van der Waals surface area contributed by atoms with Crippen LogP contribution in [0.25, 0.3) is 0 Å². The van der Waals surface area contributed by atoms with E-state index in [0.717, 1.165) is 0 Å². The number of carbonyl (C=O) groups is 1. The maximum Gasteiger partial charge on any atom is 0.254 e. The molecule has 0 N–H and O–H groups in total. The monoisotopic (exact) mass is 422 g/mol. The van der Waals surface area contributed by atoms with Crippen LogP contribution < -0.4 is 9.47 Å². The fourth-order valence-corrected chi connectivity index (χ4v) is 4.69. The van der Waals surface area contributed by atoms with Gasteiger partial charge in [-0.25, -0.2) is 12.8 Å². The Bertz CT molecular complexity index is 1020. The van der Waals surface area contributed by atoms with Crippen LogP contribution in [0, 0.1) is 12.7 Å². The Balaban J connectivity index is 1.74. The molecule has 1 aliphatic rings. The van der Waals surface area contributed by atoms with Crippen LogP contribution >= 0.6 is 0 Å². The summed E-state index contributed by atoms with van der Waals surface area (Å²) in [5, 5.41) is 0. The first-order valence-electron chi connectivity index (χ1n) is 9.05. The Kier molecular flexibility index (Phi) is 6.09. The Morgan fingerprint density at radius 1 is 0.966 bits per heavy atom. The standard InChI is InChI=1S/C20H23FN2O5S/c1-14-4-5-15(21)12-17(14)20(24)22-8-10-23(11-9-22)29(25,26)16-6-7-18(27-2)19(13-16)28-3/h4-7,12-13H,8-11H2,1-3H3. The fraction of sp³-hybridized carbons (Fsp3) is 0.350. The molecule has 29 heavy (non-hydrogen) atoms. The molecular formula is C20H23FN2O5S. The Hall–Kier alpha value is -2.65. The molecule has 0 spiro atoms. The van der Waals surface area contributed by atoms with Gasteiger partial charge < -0.3 is 14.4 Å². The molecule has 0 atom stereocenters. The van der Waals surface area contributed by atoms with Gasteiger partial charge in [-0.1, -0.05) is 6.07 Å². The summed E-state index contributed by atoms with van der Waals surface area (Å²) < 4.78 is 51.1.